The molecule has 0 aliphatic carbocycles. The van der Waals surface area contributed by atoms with E-state index in [2.05, 4.69) is 21.2 Å². The van der Waals surface area contributed by atoms with E-state index in [9.17, 15) is 0 Å². The van der Waals surface area contributed by atoms with Crippen LogP contribution in [0.4, 0.5) is 10.2 Å². The molecule has 0 aliphatic heterocycles. The average Bonchev–Trinajstić information content (AvgIpc) is 2.71. The zero-order valence-corrected chi connectivity index (χ0v) is 20.2. The molecule has 0 fully saturated rings. The molecule has 0 saturated heterocycles. The zero-order valence-electron chi connectivity index (χ0n) is 17.9. The van der Waals surface area contributed by atoms with Crippen molar-refractivity contribution in [2.24, 2.45) is 0 Å². The van der Waals surface area contributed by atoms with Gasteiger partial charge in [0.1, 0.15) is 0 Å². The standard InChI is InChI=1S/C21H24BrClFN3.C2H6/c1-5-10-16(6-2)21(25-3,17-11-8-7-9-12-17)27(26(4)24)20-14-18(22)13-19(23)15-20;1-2/h5-15,25H,1-4H3;1-2H3/b10-5-,16-6+;. The third kappa shape index (κ3) is 5.70. The molecule has 0 radical (unpaired) electrons. The second-order valence-electron chi connectivity index (χ2n) is 5.95. The van der Waals surface area contributed by atoms with Crippen LogP contribution >= 0.6 is 27.5 Å². The summed E-state index contributed by atoms with van der Waals surface area (Å²) in [6.45, 7) is 7.88. The van der Waals surface area contributed by atoms with Gasteiger partial charge in [-0.15, -0.1) is 4.48 Å². The lowest BCUT2D eigenvalue weighted by atomic mass is 9.88. The van der Waals surface area contributed by atoms with Crippen molar-refractivity contribution in [2.75, 3.05) is 19.1 Å². The molecule has 0 amide bonds. The Hall–Kier alpha value is -1.66. The number of anilines is 1. The molecule has 29 heavy (non-hydrogen) atoms. The van der Waals surface area contributed by atoms with E-state index < -0.39 is 5.66 Å². The lowest BCUT2D eigenvalue weighted by Crippen LogP contribution is -2.60. The summed E-state index contributed by atoms with van der Waals surface area (Å²) in [7, 11) is 3.18. The molecular weight excluding hydrogens is 453 g/mol. The maximum absolute atomic E-state index is 15.0. The van der Waals surface area contributed by atoms with Gasteiger partial charge in [0.15, 0.2) is 5.66 Å². The molecule has 2 aromatic rings. The first-order chi connectivity index (χ1) is 13.9. The molecule has 0 aliphatic rings. The SMILES string of the molecule is C/C=C\C(=C/C)C(NC)(c1ccccc1)N(c1cc(Cl)cc(Br)c1)N(C)F.CC. The van der Waals surface area contributed by atoms with Crippen molar-refractivity contribution in [3.05, 3.63) is 87.4 Å². The van der Waals surface area contributed by atoms with E-state index in [1.807, 2.05) is 89.4 Å². The minimum absolute atomic E-state index is 0.511. The van der Waals surface area contributed by atoms with Gasteiger partial charge in [0, 0.05) is 16.5 Å². The van der Waals surface area contributed by atoms with Gasteiger partial charge in [-0.2, -0.15) is 0 Å². The van der Waals surface area contributed by atoms with Crippen molar-refractivity contribution < 1.29 is 4.48 Å². The molecule has 2 rings (SSSR count). The van der Waals surface area contributed by atoms with Crippen LogP contribution in [0.3, 0.4) is 0 Å². The first-order valence-electron chi connectivity index (χ1n) is 9.60. The van der Waals surface area contributed by atoms with Crippen LogP contribution < -0.4 is 10.3 Å². The van der Waals surface area contributed by atoms with E-state index >= 15 is 4.48 Å². The van der Waals surface area contributed by atoms with Gasteiger partial charge >= 0.3 is 0 Å². The normalized spacial score (nSPS) is 13.8. The first-order valence-corrected chi connectivity index (χ1v) is 10.8. The van der Waals surface area contributed by atoms with Crippen molar-refractivity contribution >= 4 is 33.2 Å². The van der Waals surface area contributed by atoms with Crippen molar-refractivity contribution in [1.29, 1.82) is 0 Å². The molecule has 1 N–H and O–H groups in total. The number of hydrazine groups is 1. The number of likely N-dealkylation sites (N-methyl/N-ethyl adjacent to an activating group) is 1. The number of rotatable bonds is 7. The molecule has 1 atom stereocenters. The van der Waals surface area contributed by atoms with E-state index in [1.165, 1.54) is 7.05 Å². The summed E-state index contributed by atoms with van der Waals surface area (Å²) >= 11 is 9.73. The molecule has 0 bridgehead atoms. The molecular formula is C23H30BrClFN3. The summed E-state index contributed by atoms with van der Waals surface area (Å²) in [6.07, 6.45) is 5.88. The van der Waals surface area contributed by atoms with E-state index in [1.54, 1.807) is 17.1 Å². The molecule has 1 unspecified atom stereocenters. The summed E-state index contributed by atoms with van der Waals surface area (Å²) in [6, 6.07) is 15.1. The van der Waals surface area contributed by atoms with Crippen LogP contribution in [-0.2, 0) is 5.66 Å². The van der Waals surface area contributed by atoms with Crippen LogP contribution in [0.5, 0.6) is 0 Å². The van der Waals surface area contributed by atoms with Gasteiger partial charge in [-0.25, -0.2) is 0 Å². The van der Waals surface area contributed by atoms with Gasteiger partial charge in [0.25, 0.3) is 0 Å². The quantitative estimate of drug-likeness (QED) is 0.194. The van der Waals surface area contributed by atoms with Crippen LogP contribution in [0.1, 0.15) is 33.3 Å². The molecule has 2 aromatic carbocycles. The number of hydrogen-bond donors (Lipinski definition) is 1. The number of allylic oxidation sites excluding steroid dienone is 2. The maximum Gasteiger partial charge on any atom is 0.160 e. The van der Waals surface area contributed by atoms with Crippen LogP contribution in [-0.4, -0.2) is 19.3 Å². The number of nitrogens with zero attached hydrogens (tertiary/aromatic N) is 2. The fraction of sp³-hybridized carbons (Fsp3) is 0.304. The third-order valence-electron chi connectivity index (χ3n) is 4.31. The summed E-state index contributed by atoms with van der Waals surface area (Å²) in [4.78, 5) is 0. The predicted octanol–water partition coefficient (Wildman–Crippen LogP) is 7.26. The van der Waals surface area contributed by atoms with Crippen LogP contribution in [0.2, 0.25) is 5.02 Å². The topological polar surface area (TPSA) is 18.5 Å². The fourth-order valence-electron chi connectivity index (χ4n) is 3.31. The fourth-order valence-corrected chi connectivity index (χ4v) is 4.15. The van der Waals surface area contributed by atoms with E-state index in [0.717, 1.165) is 15.6 Å². The minimum atomic E-state index is -0.990. The van der Waals surface area contributed by atoms with Gasteiger partial charge in [-0.05, 0) is 50.2 Å². The van der Waals surface area contributed by atoms with Gasteiger partial charge in [0.2, 0.25) is 0 Å². The summed E-state index contributed by atoms with van der Waals surface area (Å²) < 4.78 is 15.8. The minimum Gasteiger partial charge on any atom is -0.289 e. The Morgan fingerprint density at radius 3 is 2.21 bits per heavy atom. The lowest BCUT2D eigenvalue weighted by molar-refractivity contribution is 0.00978. The predicted molar refractivity (Wildman–Crippen MR) is 128 cm³/mol. The van der Waals surface area contributed by atoms with Crippen LogP contribution in [0, 0.1) is 0 Å². The summed E-state index contributed by atoms with van der Waals surface area (Å²) in [5.74, 6) is 0. The monoisotopic (exact) mass is 481 g/mol. The Balaban J connectivity index is 0.00000204. The largest absolute Gasteiger partial charge is 0.289 e. The molecule has 0 heterocycles. The number of benzene rings is 2. The Kier molecular flexibility index (Phi) is 10.6. The van der Waals surface area contributed by atoms with Gasteiger partial charge < -0.3 is 0 Å². The Morgan fingerprint density at radius 2 is 1.76 bits per heavy atom. The highest BCUT2D eigenvalue weighted by Crippen LogP contribution is 2.40. The maximum atomic E-state index is 15.0. The average molecular weight is 483 g/mol. The molecule has 0 aromatic heterocycles. The van der Waals surface area contributed by atoms with Gasteiger partial charge in [-0.1, -0.05) is 95.2 Å². The Morgan fingerprint density at radius 1 is 1.14 bits per heavy atom. The van der Waals surface area contributed by atoms with E-state index in [4.69, 9.17) is 11.6 Å². The third-order valence-corrected chi connectivity index (χ3v) is 4.99. The molecule has 0 spiro atoms. The highest BCUT2D eigenvalue weighted by Gasteiger charge is 2.43. The highest BCUT2D eigenvalue weighted by molar-refractivity contribution is 9.10. The zero-order chi connectivity index (χ0) is 22.0. The number of hydrogen-bond acceptors (Lipinski definition) is 3. The Labute approximate surface area is 187 Å². The lowest BCUT2D eigenvalue weighted by Gasteiger charge is -2.47. The summed E-state index contributed by atoms with van der Waals surface area (Å²) in [5, 5.41) is 5.99. The molecule has 6 heteroatoms. The number of nitrogens with one attached hydrogen (secondary N) is 1. The summed E-state index contributed by atoms with van der Waals surface area (Å²) in [5.41, 5.74) is 1.39. The smallest absolute Gasteiger partial charge is 0.160 e. The van der Waals surface area contributed by atoms with E-state index in [0.29, 0.717) is 15.9 Å². The van der Waals surface area contributed by atoms with Crippen molar-refractivity contribution in [3.63, 3.8) is 0 Å². The van der Waals surface area contributed by atoms with Crippen molar-refractivity contribution in [2.45, 2.75) is 33.4 Å². The van der Waals surface area contributed by atoms with Crippen LogP contribution in [0.25, 0.3) is 0 Å². The van der Waals surface area contributed by atoms with Crippen molar-refractivity contribution in [3.8, 4) is 0 Å². The molecule has 158 valence electrons. The van der Waals surface area contributed by atoms with Crippen molar-refractivity contribution in [1.82, 2.24) is 10.5 Å². The van der Waals surface area contributed by atoms with Crippen LogP contribution in [0.15, 0.2) is 76.8 Å². The molecule has 3 nitrogen and oxygen atoms in total. The number of halogens is 3. The second-order valence-corrected chi connectivity index (χ2v) is 7.31. The second kappa shape index (κ2) is 12.1. The Bertz CT molecular complexity index is 804. The van der Waals surface area contributed by atoms with Gasteiger partial charge in [-0.3, -0.25) is 10.3 Å². The van der Waals surface area contributed by atoms with Gasteiger partial charge in [0.05, 0.1) is 5.69 Å². The first kappa shape index (κ1) is 25.4. The molecule has 0 saturated carbocycles. The highest BCUT2D eigenvalue weighted by atomic mass is 79.9. The van der Waals surface area contributed by atoms with E-state index in [-0.39, 0.29) is 0 Å².